The molecule has 2 heteroatoms. The summed E-state index contributed by atoms with van der Waals surface area (Å²) < 4.78 is 0. The van der Waals surface area contributed by atoms with Gasteiger partial charge in [-0.1, -0.05) is 33.1 Å². The quantitative estimate of drug-likeness (QED) is 0.377. The van der Waals surface area contributed by atoms with Gasteiger partial charge in [-0.2, -0.15) is 0 Å². The van der Waals surface area contributed by atoms with Crippen molar-refractivity contribution in [3.05, 3.63) is 0 Å². The molecule has 0 aromatic heterocycles. The van der Waals surface area contributed by atoms with Gasteiger partial charge < -0.3 is 6.74 Å². The molecule has 0 aromatic rings. The van der Waals surface area contributed by atoms with Gasteiger partial charge >= 0.3 is 18.9 Å². The van der Waals surface area contributed by atoms with Crippen molar-refractivity contribution in [3.63, 3.8) is 0 Å². The fourth-order valence-corrected chi connectivity index (χ4v) is 0.854. The van der Waals surface area contributed by atoms with Gasteiger partial charge in [-0.3, -0.25) is 0 Å². The Hall–Kier alpha value is 0.557. The van der Waals surface area contributed by atoms with Gasteiger partial charge in [-0.25, -0.2) is 0 Å². The Balaban J connectivity index is -0.000000320. The number of nitrogens with one attached hydrogen (secondary N) is 1. The summed E-state index contributed by atoms with van der Waals surface area (Å²) in [5.41, 5.74) is 0. The molecule has 1 nitrogen and oxygen atoms in total. The van der Waals surface area contributed by atoms with Crippen LogP contribution in [0.3, 0.4) is 0 Å². The van der Waals surface area contributed by atoms with E-state index in [0.717, 1.165) is 6.54 Å². The van der Waals surface area contributed by atoms with Crippen LogP contribution in [0.15, 0.2) is 0 Å². The maximum atomic E-state index is 3.31. The average molecular weight is 137 g/mol. The van der Waals surface area contributed by atoms with Crippen LogP contribution in [0.4, 0.5) is 0 Å². The van der Waals surface area contributed by atoms with Crippen molar-refractivity contribution in [1.29, 1.82) is 0 Å². The summed E-state index contributed by atoms with van der Waals surface area (Å²) in [5.74, 6) is 0. The predicted molar refractivity (Wildman–Crippen MR) is 43.8 cm³/mol. The largest absolute Gasteiger partial charge is 1.00 e. The van der Waals surface area contributed by atoms with Crippen LogP contribution in [0.25, 0.3) is 0 Å². The molecule has 0 amide bonds. The Morgan fingerprint density at radius 2 is 1.80 bits per heavy atom. The minimum Gasteiger partial charge on any atom is -1.00 e. The van der Waals surface area contributed by atoms with E-state index in [1.54, 1.807) is 0 Å². The summed E-state index contributed by atoms with van der Waals surface area (Å²) in [6.07, 6.45) is 5.47. The van der Waals surface area contributed by atoms with E-state index in [2.05, 4.69) is 19.2 Å². The fraction of sp³-hybridized carbons (Fsp3) is 1.00. The van der Waals surface area contributed by atoms with Crippen LogP contribution in [0, 0.1) is 0 Å². The third-order valence-corrected chi connectivity index (χ3v) is 1.46. The van der Waals surface area contributed by atoms with Crippen LogP contribution in [0.1, 0.15) is 41.0 Å². The Morgan fingerprint density at radius 1 is 1.10 bits per heavy atom. The SMILES string of the molecule is CCCCCCNCC.[H-].[Li+]. The molecule has 0 unspecified atom stereocenters. The molecule has 0 saturated carbocycles. The van der Waals surface area contributed by atoms with Crippen LogP contribution in [-0.4, -0.2) is 13.1 Å². The molecule has 0 aliphatic rings. The van der Waals surface area contributed by atoms with E-state index in [0.29, 0.717) is 0 Å². The van der Waals surface area contributed by atoms with Crippen LogP contribution in [0.2, 0.25) is 0 Å². The van der Waals surface area contributed by atoms with Gasteiger partial charge in [0.15, 0.2) is 0 Å². The van der Waals surface area contributed by atoms with Crippen molar-refractivity contribution in [3.8, 4) is 0 Å². The van der Waals surface area contributed by atoms with Crippen molar-refractivity contribution >= 4 is 0 Å². The summed E-state index contributed by atoms with van der Waals surface area (Å²) in [6, 6.07) is 0. The minimum atomic E-state index is 0. The molecule has 10 heavy (non-hydrogen) atoms. The Kier molecular flexibility index (Phi) is 16.1. The van der Waals surface area contributed by atoms with Crippen molar-refractivity contribution in [2.45, 2.75) is 39.5 Å². The standard InChI is InChI=1S/C8H19N.Li.H/c1-3-5-6-7-8-9-4-2;;/h9H,3-8H2,1-2H3;;/q;+1;-1. The van der Waals surface area contributed by atoms with E-state index in [9.17, 15) is 0 Å². The predicted octanol–water partition coefficient (Wildman–Crippen LogP) is -0.707. The summed E-state index contributed by atoms with van der Waals surface area (Å²) in [4.78, 5) is 0. The van der Waals surface area contributed by atoms with Crippen LogP contribution in [0.5, 0.6) is 0 Å². The molecule has 58 valence electrons. The molecule has 0 heterocycles. The molecule has 0 aliphatic heterocycles. The molecule has 0 spiro atoms. The third kappa shape index (κ3) is 11.4. The van der Waals surface area contributed by atoms with Gasteiger partial charge in [0.1, 0.15) is 0 Å². The minimum absolute atomic E-state index is 0. The van der Waals surface area contributed by atoms with E-state index < -0.39 is 0 Å². The molecule has 0 bridgehead atoms. The Labute approximate surface area is 78.6 Å². The topological polar surface area (TPSA) is 12.0 Å². The molecule has 0 atom stereocenters. The number of hydrogen-bond acceptors (Lipinski definition) is 1. The second kappa shape index (κ2) is 12.3. The van der Waals surface area contributed by atoms with Crippen LogP contribution >= 0.6 is 0 Å². The average Bonchev–Trinajstić information content (AvgIpc) is 1.89. The monoisotopic (exact) mass is 137 g/mol. The van der Waals surface area contributed by atoms with Gasteiger partial charge in [0, 0.05) is 0 Å². The maximum absolute atomic E-state index is 3.31. The van der Waals surface area contributed by atoms with E-state index >= 15 is 0 Å². The summed E-state index contributed by atoms with van der Waals surface area (Å²) in [7, 11) is 0. The molecule has 0 saturated heterocycles. The molecular weight excluding hydrogens is 117 g/mol. The van der Waals surface area contributed by atoms with Crippen molar-refractivity contribution in [1.82, 2.24) is 5.32 Å². The Morgan fingerprint density at radius 3 is 2.30 bits per heavy atom. The van der Waals surface area contributed by atoms with Crippen molar-refractivity contribution in [2.75, 3.05) is 13.1 Å². The molecule has 0 aromatic carbocycles. The normalized spacial score (nSPS) is 9.00. The molecule has 0 rings (SSSR count). The van der Waals surface area contributed by atoms with Crippen LogP contribution in [-0.2, 0) is 0 Å². The first kappa shape index (κ1) is 13.2. The van der Waals surface area contributed by atoms with Gasteiger partial charge in [-0.05, 0) is 19.5 Å². The second-order valence-electron chi connectivity index (χ2n) is 2.41. The number of rotatable bonds is 6. The van der Waals surface area contributed by atoms with E-state index in [1.807, 2.05) is 0 Å². The van der Waals surface area contributed by atoms with Gasteiger partial charge in [0.2, 0.25) is 0 Å². The van der Waals surface area contributed by atoms with E-state index in [1.165, 1.54) is 32.2 Å². The maximum Gasteiger partial charge on any atom is 1.00 e. The van der Waals surface area contributed by atoms with Gasteiger partial charge in [0.25, 0.3) is 0 Å². The first-order valence-corrected chi connectivity index (χ1v) is 4.12. The number of hydrogen-bond donors (Lipinski definition) is 1. The molecule has 1 N–H and O–H groups in total. The Bertz CT molecular complexity index is 47.4. The van der Waals surface area contributed by atoms with Gasteiger partial charge in [-0.15, -0.1) is 0 Å². The van der Waals surface area contributed by atoms with E-state index in [4.69, 9.17) is 0 Å². The number of unbranched alkanes of at least 4 members (excludes halogenated alkanes) is 3. The zero-order chi connectivity index (χ0) is 6.95. The van der Waals surface area contributed by atoms with Crippen molar-refractivity contribution < 1.29 is 20.3 Å². The van der Waals surface area contributed by atoms with Crippen molar-refractivity contribution in [2.24, 2.45) is 0 Å². The third-order valence-electron chi connectivity index (χ3n) is 1.46. The van der Waals surface area contributed by atoms with Crippen LogP contribution < -0.4 is 24.2 Å². The summed E-state index contributed by atoms with van der Waals surface area (Å²) >= 11 is 0. The zero-order valence-corrected chi connectivity index (χ0v) is 7.74. The summed E-state index contributed by atoms with van der Waals surface area (Å²) in [6.45, 7) is 6.72. The molecular formula is C8H20LiN. The van der Waals surface area contributed by atoms with Gasteiger partial charge in [0.05, 0.1) is 0 Å². The second-order valence-corrected chi connectivity index (χ2v) is 2.41. The van der Waals surface area contributed by atoms with E-state index in [-0.39, 0.29) is 20.3 Å². The molecule has 0 fully saturated rings. The zero-order valence-electron chi connectivity index (χ0n) is 8.74. The summed E-state index contributed by atoms with van der Waals surface area (Å²) in [5, 5.41) is 3.31. The smallest absolute Gasteiger partial charge is 1.00 e. The first-order valence-electron chi connectivity index (χ1n) is 4.12. The molecule has 0 aliphatic carbocycles. The first-order chi connectivity index (χ1) is 4.41. The fourth-order valence-electron chi connectivity index (χ4n) is 0.854. The molecule has 0 radical (unpaired) electrons.